The van der Waals surface area contributed by atoms with Gasteiger partial charge in [-0.2, -0.15) is 0 Å². The normalized spacial score (nSPS) is 14.8. The van der Waals surface area contributed by atoms with Crippen molar-refractivity contribution in [3.8, 4) is 5.75 Å². The van der Waals surface area contributed by atoms with Crippen LogP contribution in [0.5, 0.6) is 5.75 Å². The molecule has 1 amide bonds. The highest BCUT2D eigenvalue weighted by molar-refractivity contribution is 7.99. The van der Waals surface area contributed by atoms with Gasteiger partial charge < -0.3 is 15.0 Å². The standard InChI is InChI=1S/C20H25N3O2S/c1-25-18-8-6-17(7-9-18)22-20(24)16-5-10-19(21-15-16)26-14-13-23-11-3-2-4-12-23/h5-10,15H,2-4,11-14H2,1H3,(H,22,24). The lowest BCUT2D eigenvalue weighted by molar-refractivity contribution is 0.102. The summed E-state index contributed by atoms with van der Waals surface area (Å²) in [7, 11) is 1.62. The number of hydrogen-bond acceptors (Lipinski definition) is 5. The molecule has 1 fully saturated rings. The lowest BCUT2D eigenvalue weighted by Gasteiger charge is -2.25. The largest absolute Gasteiger partial charge is 0.497 e. The Morgan fingerprint density at radius 3 is 2.58 bits per heavy atom. The Bertz CT molecular complexity index is 698. The summed E-state index contributed by atoms with van der Waals surface area (Å²) in [5.41, 5.74) is 1.29. The average molecular weight is 372 g/mol. The minimum Gasteiger partial charge on any atom is -0.497 e. The molecular formula is C20H25N3O2S. The maximum Gasteiger partial charge on any atom is 0.257 e. The van der Waals surface area contributed by atoms with Crippen LogP contribution in [0.15, 0.2) is 47.6 Å². The van der Waals surface area contributed by atoms with Gasteiger partial charge in [0.1, 0.15) is 5.75 Å². The Hall–Kier alpha value is -2.05. The van der Waals surface area contributed by atoms with Gasteiger partial charge in [-0.1, -0.05) is 6.42 Å². The van der Waals surface area contributed by atoms with Crippen LogP contribution in [0.1, 0.15) is 29.6 Å². The SMILES string of the molecule is COc1ccc(NC(=O)c2ccc(SCCN3CCCCC3)nc2)cc1. The van der Waals surface area contributed by atoms with Crippen LogP contribution in [0, 0.1) is 0 Å². The molecule has 1 saturated heterocycles. The smallest absolute Gasteiger partial charge is 0.257 e. The second-order valence-corrected chi connectivity index (χ2v) is 7.43. The number of benzene rings is 1. The molecule has 0 unspecified atom stereocenters. The maximum atomic E-state index is 12.3. The summed E-state index contributed by atoms with van der Waals surface area (Å²) in [6, 6.07) is 11.0. The van der Waals surface area contributed by atoms with E-state index in [1.807, 2.05) is 36.4 Å². The van der Waals surface area contributed by atoms with Crippen molar-refractivity contribution in [3.63, 3.8) is 0 Å². The number of nitrogens with one attached hydrogen (secondary N) is 1. The molecule has 3 rings (SSSR count). The van der Waals surface area contributed by atoms with Gasteiger partial charge in [0.25, 0.3) is 5.91 Å². The number of anilines is 1. The minimum absolute atomic E-state index is 0.160. The van der Waals surface area contributed by atoms with E-state index in [1.54, 1.807) is 25.1 Å². The third-order valence-corrected chi connectivity index (χ3v) is 5.38. The average Bonchev–Trinajstić information content (AvgIpc) is 2.70. The van der Waals surface area contributed by atoms with Crippen LogP contribution < -0.4 is 10.1 Å². The molecule has 1 aliphatic rings. The number of piperidine rings is 1. The molecule has 0 radical (unpaired) electrons. The van der Waals surface area contributed by atoms with E-state index in [1.165, 1.54) is 32.4 Å². The van der Waals surface area contributed by atoms with Crippen LogP contribution in [0.4, 0.5) is 5.69 Å². The fourth-order valence-electron chi connectivity index (χ4n) is 2.94. The van der Waals surface area contributed by atoms with E-state index >= 15 is 0 Å². The highest BCUT2D eigenvalue weighted by atomic mass is 32.2. The van der Waals surface area contributed by atoms with Gasteiger partial charge in [0.2, 0.25) is 0 Å². The summed E-state index contributed by atoms with van der Waals surface area (Å²) in [6.45, 7) is 3.54. The van der Waals surface area contributed by atoms with Crippen molar-refractivity contribution in [2.75, 3.05) is 37.8 Å². The van der Waals surface area contributed by atoms with Crippen molar-refractivity contribution in [1.29, 1.82) is 0 Å². The summed E-state index contributed by atoms with van der Waals surface area (Å²) >= 11 is 1.74. The van der Waals surface area contributed by atoms with E-state index in [-0.39, 0.29) is 5.91 Å². The molecule has 0 spiro atoms. The molecule has 2 aromatic rings. The Morgan fingerprint density at radius 2 is 1.92 bits per heavy atom. The first-order valence-electron chi connectivity index (χ1n) is 9.01. The number of aromatic nitrogens is 1. The molecule has 5 nitrogen and oxygen atoms in total. The van der Waals surface area contributed by atoms with Gasteiger partial charge in [0.15, 0.2) is 0 Å². The number of pyridine rings is 1. The molecular weight excluding hydrogens is 346 g/mol. The maximum absolute atomic E-state index is 12.3. The van der Waals surface area contributed by atoms with Crippen LogP contribution >= 0.6 is 11.8 Å². The van der Waals surface area contributed by atoms with E-state index < -0.39 is 0 Å². The monoisotopic (exact) mass is 371 g/mol. The van der Waals surface area contributed by atoms with E-state index in [0.717, 1.165) is 28.8 Å². The van der Waals surface area contributed by atoms with Gasteiger partial charge in [-0.3, -0.25) is 4.79 Å². The zero-order valence-electron chi connectivity index (χ0n) is 15.1. The fraction of sp³-hybridized carbons (Fsp3) is 0.400. The van der Waals surface area contributed by atoms with Gasteiger partial charge >= 0.3 is 0 Å². The Morgan fingerprint density at radius 1 is 1.15 bits per heavy atom. The lowest BCUT2D eigenvalue weighted by Crippen LogP contribution is -2.31. The number of rotatable bonds is 7. The predicted octanol–water partition coefficient (Wildman–Crippen LogP) is 3.92. The summed E-state index contributed by atoms with van der Waals surface area (Å²) in [5.74, 6) is 1.63. The zero-order valence-corrected chi connectivity index (χ0v) is 15.9. The number of amides is 1. The summed E-state index contributed by atoms with van der Waals surface area (Å²) in [4.78, 5) is 19.2. The molecule has 1 aromatic carbocycles. The van der Waals surface area contributed by atoms with Gasteiger partial charge in [-0.25, -0.2) is 4.98 Å². The summed E-state index contributed by atoms with van der Waals surface area (Å²) < 4.78 is 5.11. The van der Waals surface area contributed by atoms with Crippen molar-refractivity contribution >= 4 is 23.4 Å². The number of likely N-dealkylation sites (tertiary alicyclic amines) is 1. The Balaban J connectivity index is 1.47. The second kappa shape index (κ2) is 9.59. The van der Waals surface area contributed by atoms with Crippen molar-refractivity contribution < 1.29 is 9.53 Å². The van der Waals surface area contributed by atoms with Crippen LogP contribution in [-0.4, -0.2) is 48.3 Å². The first-order chi connectivity index (χ1) is 12.7. The molecule has 1 aromatic heterocycles. The van der Waals surface area contributed by atoms with Crippen LogP contribution in [-0.2, 0) is 0 Å². The molecule has 0 saturated carbocycles. The molecule has 0 atom stereocenters. The molecule has 138 valence electrons. The molecule has 26 heavy (non-hydrogen) atoms. The van der Waals surface area contributed by atoms with Crippen LogP contribution in [0.3, 0.4) is 0 Å². The van der Waals surface area contributed by atoms with Gasteiger partial charge in [0.05, 0.1) is 17.7 Å². The number of carbonyl (C=O) groups excluding carboxylic acids is 1. The Labute approximate surface area is 159 Å². The minimum atomic E-state index is -0.160. The number of ether oxygens (including phenoxy) is 1. The van der Waals surface area contributed by atoms with Crippen molar-refractivity contribution in [2.24, 2.45) is 0 Å². The zero-order chi connectivity index (χ0) is 18.2. The first kappa shape index (κ1) is 18.7. The van der Waals surface area contributed by atoms with E-state index in [4.69, 9.17) is 4.74 Å². The third-order valence-electron chi connectivity index (χ3n) is 4.45. The molecule has 0 aliphatic carbocycles. The third kappa shape index (κ3) is 5.47. The molecule has 1 N–H and O–H groups in total. The first-order valence-corrected chi connectivity index (χ1v) is 10.00. The van der Waals surface area contributed by atoms with Crippen LogP contribution in [0.2, 0.25) is 0 Å². The quantitative estimate of drug-likeness (QED) is 0.748. The topological polar surface area (TPSA) is 54.5 Å². The van der Waals surface area contributed by atoms with Crippen molar-refractivity contribution in [1.82, 2.24) is 9.88 Å². The number of nitrogens with zero attached hydrogens (tertiary/aromatic N) is 2. The van der Waals surface area contributed by atoms with Crippen molar-refractivity contribution in [3.05, 3.63) is 48.2 Å². The summed E-state index contributed by atoms with van der Waals surface area (Å²) in [5, 5.41) is 3.83. The Kier molecular flexibility index (Phi) is 6.91. The van der Waals surface area contributed by atoms with Crippen LogP contribution in [0.25, 0.3) is 0 Å². The molecule has 1 aliphatic heterocycles. The molecule has 2 heterocycles. The number of hydrogen-bond donors (Lipinski definition) is 1. The van der Waals surface area contributed by atoms with E-state index in [2.05, 4.69) is 15.2 Å². The number of carbonyl (C=O) groups is 1. The van der Waals surface area contributed by atoms with E-state index in [9.17, 15) is 4.79 Å². The fourth-order valence-corrected chi connectivity index (χ4v) is 3.79. The van der Waals surface area contributed by atoms with Gasteiger partial charge in [-0.15, -0.1) is 11.8 Å². The highest BCUT2D eigenvalue weighted by Crippen LogP contribution is 2.18. The summed E-state index contributed by atoms with van der Waals surface area (Å²) in [6.07, 6.45) is 5.65. The number of thioether (sulfide) groups is 1. The van der Waals surface area contributed by atoms with Gasteiger partial charge in [-0.05, 0) is 62.3 Å². The van der Waals surface area contributed by atoms with Gasteiger partial charge in [0, 0.05) is 24.2 Å². The molecule has 0 bridgehead atoms. The second-order valence-electron chi connectivity index (χ2n) is 6.32. The predicted molar refractivity (Wildman–Crippen MR) is 106 cm³/mol. The molecule has 6 heteroatoms. The lowest BCUT2D eigenvalue weighted by atomic mass is 10.1. The highest BCUT2D eigenvalue weighted by Gasteiger charge is 2.10. The number of methoxy groups -OCH3 is 1. The van der Waals surface area contributed by atoms with Crippen molar-refractivity contribution in [2.45, 2.75) is 24.3 Å². The van der Waals surface area contributed by atoms with E-state index in [0.29, 0.717) is 5.56 Å².